The number of nitrogens with two attached hydrogens (primary N) is 1. The summed E-state index contributed by atoms with van der Waals surface area (Å²) < 4.78 is 0. The Morgan fingerprint density at radius 3 is 2.35 bits per heavy atom. The molecule has 7 nitrogen and oxygen atoms in total. The van der Waals surface area contributed by atoms with Gasteiger partial charge in [0.1, 0.15) is 0 Å². The van der Waals surface area contributed by atoms with Crippen molar-refractivity contribution in [1.82, 2.24) is 10.2 Å². The van der Waals surface area contributed by atoms with Crippen molar-refractivity contribution in [1.29, 1.82) is 0 Å². The summed E-state index contributed by atoms with van der Waals surface area (Å²) in [7, 11) is 0. The number of piperidine rings is 1. The molecule has 3 amide bonds. The predicted molar refractivity (Wildman–Crippen MR) is 59.1 cm³/mol. The molecule has 7 heteroatoms. The summed E-state index contributed by atoms with van der Waals surface area (Å²) in [5.41, 5.74) is 4.94. The second kappa shape index (κ2) is 6.07. The van der Waals surface area contributed by atoms with Gasteiger partial charge in [0.05, 0.1) is 5.92 Å². The highest BCUT2D eigenvalue weighted by Crippen LogP contribution is 2.16. The van der Waals surface area contributed by atoms with E-state index in [2.05, 4.69) is 5.32 Å². The fraction of sp³-hybridized carbons (Fsp3) is 0.700. The molecule has 1 rings (SSSR count). The number of nitrogens with zero attached hydrogens (tertiary/aromatic N) is 1. The Morgan fingerprint density at radius 1 is 1.29 bits per heavy atom. The molecule has 1 fully saturated rings. The Morgan fingerprint density at radius 2 is 1.88 bits per heavy atom. The van der Waals surface area contributed by atoms with E-state index in [0.717, 1.165) is 0 Å². The highest BCUT2D eigenvalue weighted by atomic mass is 16.4. The molecule has 0 aliphatic carbocycles. The minimum absolute atomic E-state index is 0.108. The highest BCUT2D eigenvalue weighted by molar-refractivity contribution is 5.77. The number of hydrogen-bond donors (Lipinski definition) is 3. The SMILES string of the molecule is NC(=O)CCNC(=O)N1CCC(C(=O)O)CC1. The van der Waals surface area contributed by atoms with Crippen molar-refractivity contribution in [2.75, 3.05) is 19.6 Å². The first kappa shape index (κ1) is 13.3. The lowest BCUT2D eigenvalue weighted by molar-refractivity contribution is -0.143. The van der Waals surface area contributed by atoms with E-state index in [-0.39, 0.29) is 24.9 Å². The number of carboxylic acids is 1. The van der Waals surface area contributed by atoms with Gasteiger partial charge in [-0.1, -0.05) is 0 Å². The summed E-state index contributed by atoms with van der Waals surface area (Å²) in [6.07, 6.45) is 1.05. The fourth-order valence-corrected chi connectivity index (χ4v) is 1.73. The summed E-state index contributed by atoms with van der Waals surface area (Å²) in [5, 5.41) is 11.4. The average Bonchev–Trinajstić information content (AvgIpc) is 2.28. The first-order chi connectivity index (χ1) is 8.00. The van der Waals surface area contributed by atoms with E-state index in [9.17, 15) is 14.4 Å². The Hall–Kier alpha value is -1.79. The number of amides is 3. The van der Waals surface area contributed by atoms with Crippen molar-refractivity contribution >= 4 is 17.9 Å². The van der Waals surface area contributed by atoms with E-state index < -0.39 is 11.9 Å². The zero-order valence-corrected chi connectivity index (χ0v) is 9.52. The van der Waals surface area contributed by atoms with E-state index in [1.54, 1.807) is 4.90 Å². The van der Waals surface area contributed by atoms with Crippen LogP contribution in [-0.4, -0.2) is 47.5 Å². The van der Waals surface area contributed by atoms with Gasteiger partial charge < -0.3 is 21.1 Å². The maximum Gasteiger partial charge on any atom is 0.317 e. The van der Waals surface area contributed by atoms with Gasteiger partial charge in [-0.15, -0.1) is 0 Å². The molecule has 1 aliphatic heterocycles. The van der Waals surface area contributed by atoms with E-state index in [1.807, 2.05) is 0 Å². The van der Waals surface area contributed by atoms with Crippen LogP contribution in [0.2, 0.25) is 0 Å². The van der Waals surface area contributed by atoms with E-state index in [1.165, 1.54) is 0 Å². The molecule has 4 N–H and O–H groups in total. The minimum Gasteiger partial charge on any atom is -0.481 e. The predicted octanol–water partition coefficient (Wildman–Crippen LogP) is -0.632. The number of likely N-dealkylation sites (tertiary alicyclic amines) is 1. The molecule has 1 aliphatic rings. The second-order valence-corrected chi connectivity index (χ2v) is 4.05. The molecule has 0 saturated carbocycles. The molecule has 0 spiro atoms. The van der Waals surface area contributed by atoms with Gasteiger partial charge in [0.15, 0.2) is 0 Å². The molecule has 17 heavy (non-hydrogen) atoms. The number of primary amides is 1. The lowest BCUT2D eigenvalue weighted by atomic mass is 9.97. The summed E-state index contributed by atoms with van der Waals surface area (Å²) in [4.78, 5) is 34.3. The van der Waals surface area contributed by atoms with Gasteiger partial charge in [-0.2, -0.15) is 0 Å². The number of rotatable bonds is 4. The molecule has 0 aromatic heterocycles. The zero-order valence-electron chi connectivity index (χ0n) is 9.52. The largest absolute Gasteiger partial charge is 0.481 e. The highest BCUT2D eigenvalue weighted by Gasteiger charge is 2.26. The normalized spacial score (nSPS) is 16.6. The van der Waals surface area contributed by atoms with Crippen molar-refractivity contribution in [2.45, 2.75) is 19.3 Å². The van der Waals surface area contributed by atoms with Crippen molar-refractivity contribution in [3.63, 3.8) is 0 Å². The van der Waals surface area contributed by atoms with Crippen LogP contribution < -0.4 is 11.1 Å². The van der Waals surface area contributed by atoms with Crippen LogP contribution >= 0.6 is 0 Å². The van der Waals surface area contributed by atoms with E-state index >= 15 is 0 Å². The van der Waals surface area contributed by atoms with Crippen LogP contribution in [0.5, 0.6) is 0 Å². The van der Waals surface area contributed by atoms with Crippen LogP contribution in [0.3, 0.4) is 0 Å². The Balaban J connectivity index is 2.26. The van der Waals surface area contributed by atoms with Crippen LogP contribution in [0.4, 0.5) is 4.79 Å². The van der Waals surface area contributed by atoms with Gasteiger partial charge in [-0.25, -0.2) is 4.79 Å². The molecule has 0 aromatic rings. The molecule has 0 unspecified atom stereocenters. The quantitative estimate of drug-likeness (QED) is 0.610. The van der Waals surface area contributed by atoms with E-state index in [0.29, 0.717) is 25.9 Å². The lowest BCUT2D eigenvalue weighted by Gasteiger charge is -2.30. The van der Waals surface area contributed by atoms with Gasteiger partial charge in [0.25, 0.3) is 0 Å². The topological polar surface area (TPSA) is 113 Å². The third kappa shape index (κ3) is 4.29. The number of carbonyl (C=O) groups excluding carboxylic acids is 2. The molecule has 0 atom stereocenters. The van der Waals surface area contributed by atoms with Crippen molar-refractivity contribution < 1.29 is 19.5 Å². The number of carboxylic acid groups (broad SMARTS) is 1. The van der Waals surface area contributed by atoms with Gasteiger partial charge in [0.2, 0.25) is 5.91 Å². The average molecular weight is 243 g/mol. The fourth-order valence-electron chi connectivity index (χ4n) is 1.73. The van der Waals surface area contributed by atoms with Crippen molar-refractivity contribution in [2.24, 2.45) is 11.7 Å². The van der Waals surface area contributed by atoms with Gasteiger partial charge in [-0.05, 0) is 12.8 Å². The minimum atomic E-state index is -0.807. The molecule has 0 aromatic carbocycles. The maximum absolute atomic E-state index is 11.6. The van der Waals surface area contributed by atoms with Gasteiger partial charge in [-0.3, -0.25) is 9.59 Å². The van der Waals surface area contributed by atoms with Crippen LogP contribution in [0.1, 0.15) is 19.3 Å². The van der Waals surface area contributed by atoms with Gasteiger partial charge in [0, 0.05) is 26.1 Å². The van der Waals surface area contributed by atoms with Crippen LogP contribution in [0.25, 0.3) is 0 Å². The first-order valence-electron chi connectivity index (χ1n) is 5.54. The van der Waals surface area contributed by atoms with Crippen molar-refractivity contribution in [3.05, 3.63) is 0 Å². The standard InChI is InChI=1S/C10H17N3O4/c11-8(14)1-4-12-10(17)13-5-2-7(3-6-13)9(15)16/h7H,1-6H2,(H2,11,14)(H,12,17)(H,15,16). The maximum atomic E-state index is 11.6. The second-order valence-electron chi connectivity index (χ2n) is 4.05. The third-order valence-electron chi connectivity index (χ3n) is 2.78. The lowest BCUT2D eigenvalue weighted by Crippen LogP contribution is -2.46. The molecule has 1 heterocycles. The molecule has 96 valence electrons. The zero-order chi connectivity index (χ0) is 12.8. The molecular weight excluding hydrogens is 226 g/mol. The number of urea groups is 1. The van der Waals surface area contributed by atoms with E-state index in [4.69, 9.17) is 10.8 Å². The molecule has 0 bridgehead atoms. The van der Waals surface area contributed by atoms with Crippen LogP contribution in [0.15, 0.2) is 0 Å². The summed E-state index contributed by atoms with van der Waals surface area (Å²) >= 11 is 0. The number of aliphatic carboxylic acids is 1. The molecular formula is C10H17N3O4. The Kier molecular flexibility index (Phi) is 4.74. The molecule has 1 saturated heterocycles. The number of carbonyl (C=O) groups is 3. The van der Waals surface area contributed by atoms with Crippen molar-refractivity contribution in [3.8, 4) is 0 Å². The van der Waals surface area contributed by atoms with Crippen LogP contribution in [0, 0.1) is 5.92 Å². The summed E-state index contributed by atoms with van der Waals surface area (Å²) in [6.45, 7) is 1.08. The van der Waals surface area contributed by atoms with Crippen LogP contribution in [-0.2, 0) is 9.59 Å². The smallest absolute Gasteiger partial charge is 0.317 e. The summed E-state index contributed by atoms with van der Waals surface area (Å²) in [5.74, 6) is -1.63. The summed E-state index contributed by atoms with van der Waals surface area (Å²) in [6, 6.07) is -0.268. The first-order valence-corrected chi connectivity index (χ1v) is 5.54. The number of hydrogen-bond acceptors (Lipinski definition) is 3. The Bertz CT molecular complexity index is 311. The van der Waals surface area contributed by atoms with Gasteiger partial charge >= 0.3 is 12.0 Å². The number of nitrogens with one attached hydrogen (secondary N) is 1. The molecule has 0 radical (unpaired) electrons. The third-order valence-corrected chi connectivity index (χ3v) is 2.78. The monoisotopic (exact) mass is 243 g/mol. The Labute approximate surface area is 98.9 Å².